The van der Waals surface area contributed by atoms with Gasteiger partial charge in [0, 0.05) is 29.5 Å². The monoisotopic (exact) mass is 427 g/mol. The molecule has 0 atom stereocenters. The number of hydrogen-bond donors (Lipinski definition) is 3. The maximum atomic E-state index is 12.8. The fraction of sp³-hybridized carbons (Fsp3) is 0.130. The first-order valence-electron chi connectivity index (χ1n) is 10.1. The van der Waals surface area contributed by atoms with Crippen LogP contribution in [0.1, 0.15) is 22.0 Å². The van der Waals surface area contributed by atoms with E-state index in [-0.39, 0.29) is 5.91 Å². The van der Waals surface area contributed by atoms with Gasteiger partial charge in [0.1, 0.15) is 11.5 Å². The highest BCUT2D eigenvalue weighted by atomic mass is 16.3. The Morgan fingerprint density at radius 1 is 1.12 bits per heavy atom. The van der Waals surface area contributed by atoms with Crippen LogP contribution in [0.2, 0.25) is 0 Å². The van der Waals surface area contributed by atoms with Crippen molar-refractivity contribution in [2.24, 2.45) is 0 Å². The van der Waals surface area contributed by atoms with Gasteiger partial charge in [-0.1, -0.05) is 12.1 Å². The van der Waals surface area contributed by atoms with Crippen LogP contribution in [-0.2, 0) is 13.1 Å². The van der Waals surface area contributed by atoms with E-state index < -0.39 is 0 Å². The van der Waals surface area contributed by atoms with E-state index in [1.165, 1.54) is 0 Å². The maximum Gasteiger partial charge on any atom is 0.276 e. The molecule has 9 nitrogen and oxygen atoms in total. The van der Waals surface area contributed by atoms with Crippen LogP contribution in [0.4, 0.5) is 5.69 Å². The number of carbonyl (C=O) groups is 1. The van der Waals surface area contributed by atoms with Gasteiger partial charge in [0.15, 0.2) is 5.69 Å². The summed E-state index contributed by atoms with van der Waals surface area (Å²) in [5, 5.41) is 18.1. The van der Waals surface area contributed by atoms with Crippen LogP contribution < -0.4 is 10.6 Å². The second kappa shape index (κ2) is 8.48. The number of benzene rings is 1. The van der Waals surface area contributed by atoms with Crippen molar-refractivity contribution in [2.75, 3.05) is 12.4 Å². The molecule has 0 aliphatic rings. The third-order valence-corrected chi connectivity index (χ3v) is 5.05. The Kier molecular flexibility index (Phi) is 5.22. The summed E-state index contributed by atoms with van der Waals surface area (Å²) < 4.78 is 7.45. The van der Waals surface area contributed by atoms with Crippen molar-refractivity contribution < 1.29 is 9.21 Å². The highest BCUT2D eigenvalue weighted by Gasteiger charge is 2.16. The van der Waals surface area contributed by atoms with Crippen molar-refractivity contribution in [2.45, 2.75) is 13.1 Å². The molecule has 0 unspecified atom stereocenters. The Morgan fingerprint density at radius 3 is 2.88 bits per heavy atom. The Bertz CT molecular complexity index is 1370. The van der Waals surface area contributed by atoms with Gasteiger partial charge in [-0.15, -0.1) is 0 Å². The zero-order valence-electron chi connectivity index (χ0n) is 17.4. The number of H-pyrrole nitrogens is 1. The van der Waals surface area contributed by atoms with Crippen molar-refractivity contribution >= 4 is 22.5 Å². The van der Waals surface area contributed by atoms with Crippen molar-refractivity contribution in [1.29, 1.82) is 0 Å². The first-order chi connectivity index (χ1) is 15.7. The number of fused-ring (bicyclic) bond motifs is 1. The minimum Gasteiger partial charge on any atom is -0.463 e. The van der Waals surface area contributed by atoms with Gasteiger partial charge in [-0.2, -0.15) is 10.2 Å². The first kappa shape index (κ1) is 19.7. The van der Waals surface area contributed by atoms with Gasteiger partial charge in [0.2, 0.25) is 0 Å². The summed E-state index contributed by atoms with van der Waals surface area (Å²) in [6, 6.07) is 13.5. The van der Waals surface area contributed by atoms with Gasteiger partial charge in [0.05, 0.1) is 30.5 Å². The number of aromatic amines is 1. The maximum absolute atomic E-state index is 12.8. The molecule has 0 spiro atoms. The van der Waals surface area contributed by atoms with Gasteiger partial charge in [-0.25, -0.2) is 0 Å². The van der Waals surface area contributed by atoms with Crippen LogP contribution in [-0.4, -0.2) is 37.9 Å². The lowest BCUT2D eigenvalue weighted by Gasteiger charge is -2.02. The lowest BCUT2D eigenvalue weighted by molar-refractivity contribution is 0.102. The summed E-state index contributed by atoms with van der Waals surface area (Å²) in [4.78, 5) is 17.0. The third kappa shape index (κ3) is 4.01. The summed E-state index contributed by atoms with van der Waals surface area (Å²) in [6.07, 6.45) is 6.89. The van der Waals surface area contributed by atoms with E-state index in [0.717, 1.165) is 33.6 Å². The molecular formula is C23H21N7O2. The average molecular weight is 427 g/mol. The Hall–Kier alpha value is -4.24. The smallest absolute Gasteiger partial charge is 0.276 e. The van der Waals surface area contributed by atoms with Crippen LogP contribution >= 0.6 is 0 Å². The minimum absolute atomic E-state index is 0.306. The second-order valence-corrected chi connectivity index (χ2v) is 7.35. The molecule has 9 heteroatoms. The summed E-state index contributed by atoms with van der Waals surface area (Å²) in [6.45, 7) is 1.14. The molecule has 0 aliphatic carbocycles. The summed E-state index contributed by atoms with van der Waals surface area (Å²) >= 11 is 0. The van der Waals surface area contributed by atoms with Gasteiger partial charge in [0.25, 0.3) is 5.91 Å². The molecule has 160 valence electrons. The van der Waals surface area contributed by atoms with E-state index in [9.17, 15) is 4.79 Å². The molecule has 0 aliphatic heterocycles. The fourth-order valence-electron chi connectivity index (χ4n) is 3.55. The Labute approximate surface area is 183 Å². The molecule has 0 bridgehead atoms. The molecule has 5 aromatic rings. The van der Waals surface area contributed by atoms with Crippen molar-refractivity contribution in [3.63, 3.8) is 0 Å². The quantitative estimate of drug-likeness (QED) is 0.367. The molecular weight excluding hydrogens is 406 g/mol. The number of rotatable bonds is 7. The van der Waals surface area contributed by atoms with E-state index in [2.05, 4.69) is 30.9 Å². The molecule has 5 rings (SSSR count). The number of aromatic nitrogens is 5. The van der Waals surface area contributed by atoms with Crippen LogP contribution in [0, 0.1) is 0 Å². The van der Waals surface area contributed by atoms with Crippen molar-refractivity contribution in [3.05, 3.63) is 84.5 Å². The van der Waals surface area contributed by atoms with Crippen molar-refractivity contribution in [1.82, 2.24) is 30.3 Å². The van der Waals surface area contributed by atoms with E-state index in [0.29, 0.717) is 24.5 Å². The lowest BCUT2D eigenvalue weighted by atomic mass is 10.1. The molecule has 4 aromatic heterocycles. The zero-order chi connectivity index (χ0) is 21.9. The molecule has 0 radical (unpaired) electrons. The molecule has 32 heavy (non-hydrogen) atoms. The van der Waals surface area contributed by atoms with E-state index in [1.54, 1.807) is 29.5 Å². The zero-order valence-corrected chi connectivity index (χ0v) is 17.4. The highest BCUT2D eigenvalue weighted by molar-refractivity contribution is 6.11. The number of nitrogens with zero attached hydrogens (tertiary/aromatic N) is 4. The summed E-state index contributed by atoms with van der Waals surface area (Å²) in [7, 11) is 1.87. The van der Waals surface area contributed by atoms with Gasteiger partial charge in [-0.05, 0) is 42.9 Å². The predicted molar refractivity (Wildman–Crippen MR) is 120 cm³/mol. The standard InChI is InChI=1S/C23H21N7O2/c1-24-12-18-5-6-19(32-18)14-30-13-17(11-26-30)27-23(31)22-20-7-4-15(9-21(20)28-29-22)16-3-2-8-25-10-16/h2-11,13,24H,12,14H2,1H3,(H,27,31)(H,28,29). The van der Waals surface area contributed by atoms with Gasteiger partial charge >= 0.3 is 0 Å². The summed E-state index contributed by atoms with van der Waals surface area (Å²) in [5.41, 5.74) is 3.69. The molecule has 1 aromatic carbocycles. The fourth-order valence-corrected chi connectivity index (χ4v) is 3.55. The third-order valence-electron chi connectivity index (χ3n) is 5.05. The molecule has 1 amide bonds. The molecule has 0 fully saturated rings. The van der Waals surface area contributed by atoms with Crippen LogP contribution in [0.25, 0.3) is 22.0 Å². The number of nitrogens with one attached hydrogen (secondary N) is 3. The number of furan rings is 1. The van der Waals surface area contributed by atoms with E-state index >= 15 is 0 Å². The largest absolute Gasteiger partial charge is 0.463 e. The predicted octanol–water partition coefficient (Wildman–Crippen LogP) is 3.43. The van der Waals surface area contributed by atoms with E-state index in [4.69, 9.17) is 4.42 Å². The molecule has 4 heterocycles. The molecule has 0 saturated heterocycles. The topological polar surface area (TPSA) is 114 Å². The molecule has 0 saturated carbocycles. The number of pyridine rings is 1. The van der Waals surface area contributed by atoms with Crippen LogP contribution in [0.15, 0.2) is 71.7 Å². The molecule has 3 N–H and O–H groups in total. The first-order valence-corrected chi connectivity index (χ1v) is 10.1. The van der Waals surface area contributed by atoms with Crippen LogP contribution in [0.5, 0.6) is 0 Å². The second-order valence-electron chi connectivity index (χ2n) is 7.35. The number of anilines is 1. The summed E-state index contributed by atoms with van der Waals surface area (Å²) in [5.74, 6) is 1.35. The van der Waals surface area contributed by atoms with Gasteiger partial charge < -0.3 is 15.1 Å². The Balaban J connectivity index is 1.29. The number of carbonyl (C=O) groups excluding carboxylic acids is 1. The van der Waals surface area contributed by atoms with Gasteiger partial charge in [-0.3, -0.25) is 19.6 Å². The number of amides is 1. The van der Waals surface area contributed by atoms with E-state index in [1.807, 2.05) is 49.5 Å². The SMILES string of the molecule is CNCc1ccc(Cn2cc(NC(=O)c3n[nH]c4cc(-c5cccnc5)ccc34)cn2)o1. The lowest BCUT2D eigenvalue weighted by Crippen LogP contribution is -2.12. The average Bonchev–Trinajstić information content (AvgIpc) is 3.55. The highest BCUT2D eigenvalue weighted by Crippen LogP contribution is 2.25. The normalized spacial score (nSPS) is 11.2. The number of hydrogen-bond acceptors (Lipinski definition) is 6. The van der Waals surface area contributed by atoms with Crippen LogP contribution in [0.3, 0.4) is 0 Å². The Morgan fingerprint density at radius 2 is 2.03 bits per heavy atom. The van der Waals surface area contributed by atoms with Crippen molar-refractivity contribution in [3.8, 4) is 11.1 Å². The minimum atomic E-state index is -0.306.